The highest BCUT2D eigenvalue weighted by molar-refractivity contribution is 7.80. The van der Waals surface area contributed by atoms with Crippen molar-refractivity contribution in [2.75, 3.05) is 32.0 Å². The number of carboxylic acids is 1. The summed E-state index contributed by atoms with van der Waals surface area (Å²) in [4.78, 5) is 165. The molecule has 0 heterocycles. The monoisotopic (exact) mass is 1210 g/mol. The molecule has 480 valence electrons. The number of carbonyl (C=O) groups excluding carboxylic acids is 11. The molecule has 0 unspecified atom stereocenters. The predicted molar refractivity (Wildman–Crippen MR) is 318 cm³/mol. The van der Waals surface area contributed by atoms with E-state index in [2.05, 4.69) is 76.1 Å². The molecule has 29 nitrogen and oxygen atoms in total. The fourth-order valence-electron chi connectivity index (χ4n) is 8.12. The van der Waals surface area contributed by atoms with Gasteiger partial charge in [-0.3, -0.25) is 62.5 Å². The van der Waals surface area contributed by atoms with Crippen LogP contribution in [-0.4, -0.2) is 180 Å². The fourth-order valence-corrected chi connectivity index (χ4v) is 8.29. The van der Waals surface area contributed by atoms with Crippen molar-refractivity contribution >= 4 is 89.5 Å². The predicted octanol–water partition coefficient (Wildman–Crippen LogP) is -3.27. The highest BCUT2D eigenvalue weighted by Gasteiger charge is 2.38. The first kappa shape index (κ1) is 77.2. The lowest BCUT2D eigenvalue weighted by atomic mass is 9.95. The number of aliphatic imine (C=N–C) groups is 1. The molecule has 0 fully saturated rings. The van der Waals surface area contributed by atoms with Crippen molar-refractivity contribution in [3.8, 4) is 0 Å². The Morgan fingerprint density at radius 2 is 0.833 bits per heavy atom. The van der Waals surface area contributed by atoms with Gasteiger partial charge in [0.05, 0.1) is 19.2 Å². The van der Waals surface area contributed by atoms with Gasteiger partial charge in [-0.15, -0.1) is 0 Å². The average Bonchev–Trinajstić information content (AvgIpc) is 3.61. The second kappa shape index (κ2) is 38.9. The van der Waals surface area contributed by atoms with Crippen molar-refractivity contribution in [2.45, 2.75) is 189 Å². The van der Waals surface area contributed by atoms with Crippen LogP contribution in [0.15, 0.2) is 4.99 Å². The lowest BCUT2D eigenvalue weighted by Crippen LogP contribution is -2.62. The molecular weight excluding hydrogens is 1110 g/mol. The number of nitrogens with two attached hydrogens (primary N) is 3. The summed E-state index contributed by atoms with van der Waals surface area (Å²) < 4.78 is 0. The zero-order valence-electron chi connectivity index (χ0n) is 51.3. The maximum atomic E-state index is 14.2. The summed E-state index contributed by atoms with van der Waals surface area (Å²) in [7, 11) is 0. The van der Waals surface area contributed by atoms with Gasteiger partial charge in [0.15, 0.2) is 5.96 Å². The van der Waals surface area contributed by atoms with Crippen LogP contribution >= 0.6 is 12.6 Å². The van der Waals surface area contributed by atoms with Crippen molar-refractivity contribution in [2.24, 2.45) is 63.6 Å². The average molecular weight is 1210 g/mol. The molecule has 12 atom stereocenters. The number of aliphatic carboxylic acids is 1. The summed E-state index contributed by atoms with van der Waals surface area (Å²) in [6, 6.07) is -12.4. The SMILES string of the molecule is CC[C@H](C)[C@H](NC(=O)[C@H](CCCN=C(N)N)NC(=O)CNC(=O)[C@@H](NC(=O)[C@@H](NC(=O)[C@@H](NC(=O)[C@@H](NC(=O)[C@@H](N)CS)C(C)C)C(C)C)[C@@H](C)CC)C(C)C)C(=O)N[C@H](C(=O)N[C@@H](CC(C)C)C(=O)N[C@@H](CO)C(=O)NCC(=O)O)C(C)C. The zero-order chi connectivity index (χ0) is 64.9. The number of amides is 11. The fraction of sp³-hybridized carbons (Fsp3) is 0.759. The summed E-state index contributed by atoms with van der Waals surface area (Å²) >= 11 is 4.05. The van der Waals surface area contributed by atoms with Gasteiger partial charge in [0, 0.05) is 12.3 Å². The number of rotatable bonds is 39. The van der Waals surface area contributed by atoms with Gasteiger partial charge in [-0.2, -0.15) is 12.6 Å². The molecule has 84 heavy (non-hydrogen) atoms. The summed E-state index contributed by atoms with van der Waals surface area (Å²) in [5.41, 5.74) is 16.8. The Hall–Kier alpha value is -6.82. The van der Waals surface area contributed by atoms with Crippen LogP contribution in [0.4, 0.5) is 0 Å². The minimum absolute atomic E-state index is 0.0311. The minimum atomic E-state index is -1.55. The van der Waals surface area contributed by atoms with E-state index in [4.69, 9.17) is 22.3 Å². The Labute approximate surface area is 499 Å². The van der Waals surface area contributed by atoms with Crippen LogP contribution in [0.2, 0.25) is 0 Å². The van der Waals surface area contributed by atoms with E-state index in [1.54, 1.807) is 96.9 Å². The molecule has 0 aromatic heterocycles. The molecule has 0 saturated heterocycles. The molecule has 0 aromatic rings. The first-order valence-corrected chi connectivity index (χ1v) is 29.2. The molecule has 0 spiro atoms. The Morgan fingerprint density at radius 1 is 0.464 bits per heavy atom. The summed E-state index contributed by atoms with van der Waals surface area (Å²) in [5.74, 6) is -13.4. The summed E-state index contributed by atoms with van der Waals surface area (Å²) in [6.45, 7) is 21.5. The van der Waals surface area contributed by atoms with E-state index in [0.29, 0.717) is 12.8 Å². The maximum absolute atomic E-state index is 14.2. The molecule has 0 aliphatic rings. The molecule has 0 aromatic carbocycles. The number of carboxylic acid groups (broad SMARTS) is 1. The van der Waals surface area contributed by atoms with Crippen molar-refractivity contribution in [3.63, 3.8) is 0 Å². The number of carbonyl (C=O) groups is 12. The third-order valence-corrected chi connectivity index (χ3v) is 14.1. The van der Waals surface area contributed by atoms with E-state index in [0.717, 1.165) is 0 Å². The largest absolute Gasteiger partial charge is 0.480 e. The van der Waals surface area contributed by atoms with E-state index < -0.39 is 187 Å². The second-order valence-electron chi connectivity index (χ2n) is 22.8. The number of nitrogens with zero attached hydrogens (tertiary/aromatic N) is 1. The lowest BCUT2D eigenvalue weighted by molar-refractivity contribution is -0.139. The number of hydrogen-bond donors (Lipinski definition) is 17. The highest BCUT2D eigenvalue weighted by atomic mass is 32.1. The number of aliphatic hydroxyl groups is 1. The standard InChI is InChI=1S/C54H99N15O14S/c1-15-30(13)42(52(82)67-39(27(7)8)49(79)62-34(20-25(3)4)47(77)63-35(23-70)45(75)60-22-37(72)73)68-46(76)33(18-17-19-58-54(56)57)61-36(71)21-59-48(78)38(26(5)6)65-53(83)43(31(14)16-2)69-51(81)41(29(11)12)66-50(80)40(28(9)10)64-44(74)32(55)24-84/h25-35,38-43,70,84H,15-24,55H2,1-14H3,(H,59,78)(H,60,75)(H,61,71)(H,62,79)(H,63,77)(H,64,74)(H,65,83)(H,66,80)(H,67,82)(H,68,76)(H,69,81)(H,72,73)(H4,56,57,58)/t30-,31-,32-,33-,34-,35-,38-,39-,40-,41-,42-,43-/m0/s1. The van der Waals surface area contributed by atoms with E-state index in [1.165, 1.54) is 0 Å². The van der Waals surface area contributed by atoms with Gasteiger partial charge in [-0.05, 0) is 60.7 Å². The van der Waals surface area contributed by atoms with Crippen molar-refractivity contribution < 1.29 is 67.7 Å². The molecule has 11 amide bonds. The third kappa shape index (κ3) is 27.7. The molecule has 0 rings (SSSR count). The van der Waals surface area contributed by atoms with Gasteiger partial charge in [0.2, 0.25) is 65.0 Å². The van der Waals surface area contributed by atoms with Crippen LogP contribution in [0.5, 0.6) is 0 Å². The number of aliphatic hydroxyl groups excluding tert-OH is 1. The Kier molecular flexibility index (Phi) is 35.8. The molecular formula is C54H99N15O14S. The normalized spacial score (nSPS) is 15.6. The molecule has 0 radical (unpaired) electrons. The van der Waals surface area contributed by atoms with Crippen LogP contribution in [0.1, 0.15) is 129 Å². The van der Waals surface area contributed by atoms with Crippen LogP contribution in [0.3, 0.4) is 0 Å². The smallest absolute Gasteiger partial charge is 0.322 e. The topological polar surface area (TPSA) is 468 Å². The van der Waals surface area contributed by atoms with E-state index in [-0.39, 0.29) is 43.4 Å². The minimum Gasteiger partial charge on any atom is -0.480 e. The Balaban J connectivity index is 6.53. The number of guanidine groups is 1. The van der Waals surface area contributed by atoms with Gasteiger partial charge in [0.1, 0.15) is 60.9 Å². The summed E-state index contributed by atoms with van der Waals surface area (Å²) in [5, 5.41) is 46.9. The summed E-state index contributed by atoms with van der Waals surface area (Å²) in [6.07, 6.45) is 0.880. The van der Waals surface area contributed by atoms with Crippen LogP contribution < -0.4 is 75.7 Å². The Morgan fingerprint density at radius 3 is 1.23 bits per heavy atom. The molecule has 0 aliphatic heterocycles. The van der Waals surface area contributed by atoms with E-state index in [1.807, 2.05) is 0 Å². The van der Waals surface area contributed by atoms with Crippen molar-refractivity contribution in [3.05, 3.63) is 0 Å². The Bertz CT molecular complexity index is 2250. The molecule has 0 saturated carbocycles. The third-order valence-electron chi connectivity index (χ3n) is 13.7. The van der Waals surface area contributed by atoms with Crippen molar-refractivity contribution in [1.29, 1.82) is 0 Å². The highest BCUT2D eigenvalue weighted by Crippen LogP contribution is 2.16. The number of nitrogens with one attached hydrogen (secondary N) is 11. The van der Waals surface area contributed by atoms with Gasteiger partial charge < -0.3 is 85.9 Å². The van der Waals surface area contributed by atoms with Crippen LogP contribution in [0, 0.1) is 41.4 Å². The second-order valence-corrected chi connectivity index (χ2v) is 23.2. The maximum Gasteiger partial charge on any atom is 0.322 e. The zero-order valence-corrected chi connectivity index (χ0v) is 52.2. The molecule has 0 aliphatic carbocycles. The van der Waals surface area contributed by atoms with Crippen molar-refractivity contribution in [1.82, 2.24) is 58.5 Å². The molecule has 30 heteroatoms. The first-order chi connectivity index (χ1) is 39.1. The van der Waals surface area contributed by atoms with Gasteiger partial charge >= 0.3 is 5.97 Å². The van der Waals surface area contributed by atoms with Gasteiger partial charge in [0.25, 0.3) is 0 Å². The quantitative estimate of drug-likeness (QED) is 0.0124. The number of thiol groups is 1. The molecule has 0 bridgehead atoms. The van der Waals surface area contributed by atoms with E-state index in [9.17, 15) is 62.6 Å². The van der Waals surface area contributed by atoms with E-state index >= 15 is 0 Å². The van der Waals surface area contributed by atoms with Gasteiger partial charge in [-0.25, -0.2) is 0 Å². The van der Waals surface area contributed by atoms with Gasteiger partial charge in [-0.1, -0.05) is 110 Å². The lowest BCUT2D eigenvalue weighted by Gasteiger charge is -2.31. The van der Waals surface area contributed by atoms with Crippen LogP contribution in [0.25, 0.3) is 0 Å². The molecule has 19 N–H and O–H groups in total. The van der Waals surface area contributed by atoms with Crippen LogP contribution in [-0.2, 0) is 57.5 Å². The first-order valence-electron chi connectivity index (χ1n) is 28.6. The number of hydrogen-bond acceptors (Lipinski definition) is 16.